The molecule has 4 rings (SSSR count). The van der Waals surface area contributed by atoms with E-state index in [1.807, 2.05) is 11.8 Å². The maximum Gasteiger partial charge on any atom is 0.274 e. The highest BCUT2D eigenvalue weighted by Gasteiger charge is 2.32. The molecule has 0 aliphatic carbocycles. The number of benzene rings is 1. The Morgan fingerprint density at radius 3 is 2.73 bits per heavy atom. The highest BCUT2D eigenvalue weighted by molar-refractivity contribution is 9.10. The van der Waals surface area contributed by atoms with Crippen molar-refractivity contribution in [1.29, 1.82) is 0 Å². The van der Waals surface area contributed by atoms with Crippen molar-refractivity contribution in [3.8, 4) is 10.4 Å². The SMILES string of the molecule is CCc1nc(C(=O)N2CCCC2CNc2ncc(Br)cn2)c(-c2ccc(F)cc2)s1. The second-order valence-electron chi connectivity index (χ2n) is 7.05. The van der Waals surface area contributed by atoms with Crippen LogP contribution in [-0.2, 0) is 6.42 Å². The van der Waals surface area contributed by atoms with Crippen LogP contribution in [0.2, 0.25) is 0 Å². The van der Waals surface area contributed by atoms with Gasteiger partial charge < -0.3 is 10.2 Å². The molecule has 1 atom stereocenters. The average molecular weight is 490 g/mol. The van der Waals surface area contributed by atoms with Gasteiger partial charge in [-0.2, -0.15) is 0 Å². The monoisotopic (exact) mass is 489 g/mol. The Hall–Kier alpha value is -2.39. The number of hydrogen-bond acceptors (Lipinski definition) is 6. The van der Waals surface area contributed by atoms with Gasteiger partial charge in [0.15, 0.2) is 0 Å². The second kappa shape index (κ2) is 9.18. The predicted octanol–water partition coefficient (Wildman–Crippen LogP) is 4.78. The standard InChI is InChI=1S/C21H21BrFN5OS/c1-2-17-27-18(19(30-17)13-5-7-15(23)8-6-13)20(29)28-9-3-4-16(28)12-26-21-24-10-14(22)11-25-21/h5-8,10-11,16H,2-4,9,12H2,1H3,(H,24,25,26). The molecule has 1 saturated heterocycles. The van der Waals surface area contributed by atoms with Crippen LogP contribution in [0.1, 0.15) is 35.3 Å². The second-order valence-corrected chi connectivity index (χ2v) is 9.05. The van der Waals surface area contributed by atoms with E-state index in [9.17, 15) is 9.18 Å². The summed E-state index contributed by atoms with van der Waals surface area (Å²) in [4.78, 5) is 29.2. The first-order valence-corrected chi connectivity index (χ1v) is 11.4. The van der Waals surface area contributed by atoms with Gasteiger partial charge in [0, 0.05) is 31.5 Å². The maximum absolute atomic E-state index is 13.4. The molecule has 0 radical (unpaired) electrons. The normalized spacial score (nSPS) is 16.1. The molecular formula is C21H21BrFN5OS. The summed E-state index contributed by atoms with van der Waals surface area (Å²) in [6, 6.07) is 6.27. The molecule has 9 heteroatoms. The van der Waals surface area contributed by atoms with Crippen LogP contribution in [0.5, 0.6) is 0 Å². The van der Waals surface area contributed by atoms with E-state index in [1.54, 1.807) is 24.5 Å². The summed E-state index contributed by atoms with van der Waals surface area (Å²) in [6.45, 7) is 3.28. The molecule has 1 aromatic carbocycles. The molecule has 1 fully saturated rings. The number of carbonyl (C=O) groups excluding carboxylic acids is 1. The van der Waals surface area contributed by atoms with Gasteiger partial charge in [0.2, 0.25) is 5.95 Å². The summed E-state index contributed by atoms with van der Waals surface area (Å²) in [5.74, 6) is 0.158. The van der Waals surface area contributed by atoms with E-state index < -0.39 is 0 Å². The number of halogens is 2. The van der Waals surface area contributed by atoms with Gasteiger partial charge in [-0.15, -0.1) is 11.3 Å². The minimum Gasteiger partial charge on any atom is -0.352 e. The van der Waals surface area contributed by atoms with Gasteiger partial charge in [-0.25, -0.2) is 19.3 Å². The summed E-state index contributed by atoms with van der Waals surface area (Å²) < 4.78 is 14.2. The van der Waals surface area contributed by atoms with Crippen molar-refractivity contribution >= 4 is 39.1 Å². The summed E-state index contributed by atoms with van der Waals surface area (Å²) in [7, 11) is 0. The van der Waals surface area contributed by atoms with E-state index in [2.05, 4.69) is 36.2 Å². The van der Waals surface area contributed by atoms with E-state index in [1.165, 1.54) is 23.5 Å². The molecule has 6 nitrogen and oxygen atoms in total. The number of thiazole rings is 1. The molecule has 1 unspecified atom stereocenters. The van der Waals surface area contributed by atoms with Crippen LogP contribution >= 0.6 is 27.3 Å². The number of hydrogen-bond donors (Lipinski definition) is 1. The van der Waals surface area contributed by atoms with E-state index in [0.717, 1.165) is 39.2 Å². The number of rotatable bonds is 6. The predicted molar refractivity (Wildman–Crippen MR) is 119 cm³/mol. The number of carbonyl (C=O) groups is 1. The van der Waals surface area contributed by atoms with Crippen LogP contribution in [-0.4, -0.2) is 44.9 Å². The molecule has 3 aromatic rings. The van der Waals surface area contributed by atoms with Crippen molar-refractivity contribution in [3.05, 3.63) is 57.7 Å². The first kappa shape index (κ1) is 20.9. The Morgan fingerprint density at radius 2 is 2.03 bits per heavy atom. The maximum atomic E-state index is 13.4. The molecule has 2 aromatic heterocycles. The zero-order valence-corrected chi connectivity index (χ0v) is 18.8. The summed E-state index contributed by atoms with van der Waals surface area (Å²) in [5.41, 5.74) is 1.27. The van der Waals surface area contributed by atoms with Crippen molar-refractivity contribution in [1.82, 2.24) is 19.9 Å². The van der Waals surface area contributed by atoms with Crippen LogP contribution in [0.3, 0.4) is 0 Å². The topological polar surface area (TPSA) is 71.0 Å². The lowest BCUT2D eigenvalue weighted by Crippen LogP contribution is -2.40. The van der Waals surface area contributed by atoms with Crippen LogP contribution in [0.25, 0.3) is 10.4 Å². The van der Waals surface area contributed by atoms with Gasteiger partial charge in [-0.05, 0) is 52.9 Å². The number of aromatic nitrogens is 3. The lowest BCUT2D eigenvalue weighted by Gasteiger charge is -2.24. The highest BCUT2D eigenvalue weighted by Crippen LogP contribution is 2.33. The fraction of sp³-hybridized carbons (Fsp3) is 0.333. The highest BCUT2D eigenvalue weighted by atomic mass is 79.9. The van der Waals surface area contributed by atoms with Crippen LogP contribution in [0.4, 0.5) is 10.3 Å². The van der Waals surface area contributed by atoms with E-state index in [4.69, 9.17) is 0 Å². The zero-order valence-electron chi connectivity index (χ0n) is 16.4. The Bertz CT molecular complexity index is 1020. The molecule has 0 spiro atoms. The van der Waals surface area contributed by atoms with Gasteiger partial charge in [0.1, 0.15) is 11.5 Å². The summed E-state index contributed by atoms with van der Waals surface area (Å²) >= 11 is 4.82. The zero-order chi connectivity index (χ0) is 21.1. The smallest absolute Gasteiger partial charge is 0.274 e. The molecule has 1 aliphatic rings. The van der Waals surface area contributed by atoms with Gasteiger partial charge in [0.25, 0.3) is 5.91 Å². The average Bonchev–Trinajstić information content (AvgIpc) is 3.40. The Balaban J connectivity index is 1.54. The number of aryl methyl sites for hydroxylation is 1. The Kier molecular flexibility index (Phi) is 6.38. The van der Waals surface area contributed by atoms with Gasteiger partial charge in [-0.1, -0.05) is 19.1 Å². The molecule has 156 valence electrons. The lowest BCUT2D eigenvalue weighted by atomic mass is 10.1. The third-order valence-electron chi connectivity index (χ3n) is 5.04. The van der Waals surface area contributed by atoms with Crippen molar-refractivity contribution in [3.63, 3.8) is 0 Å². The molecular weight excluding hydrogens is 469 g/mol. The lowest BCUT2D eigenvalue weighted by molar-refractivity contribution is 0.0739. The molecule has 1 N–H and O–H groups in total. The number of nitrogens with one attached hydrogen (secondary N) is 1. The number of nitrogens with zero attached hydrogens (tertiary/aromatic N) is 4. The molecule has 0 saturated carbocycles. The first-order chi connectivity index (χ1) is 14.5. The van der Waals surface area contributed by atoms with Crippen molar-refractivity contribution in [2.75, 3.05) is 18.4 Å². The van der Waals surface area contributed by atoms with E-state index in [-0.39, 0.29) is 17.8 Å². The van der Waals surface area contributed by atoms with Crippen LogP contribution < -0.4 is 5.32 Å². The molecule has 30 heavy (non-hydrogen) atoms. The van der Waals surface area contributed by atoms with Crippen molar-refractivity contribution < 1.29 is 9.18 Å². The molecule has 0 bridgehead atoms. The van der Waals surface area contributed by atoms with Gasteiger partial charge in [-0.3, -0.25) is 4.79 Å². The number of likely N-dealkylation sites (tertiary alicyclic amines) is 1. The summed E-state index contributed by atoms with van der Waals surface area (Å²) in [6.07, 6.45) is 5.97. The van der Waals surface area contributed by atoms with E-state index in [0.29, 0.717) is 24.7 Å². The third kappa shape index (κ3) is 4.52. The van der Waals surface area contributed by atoms with Crippen molar-refractivity contribution in [2.45, 2.75) is 32.2 Å². The van der Waals surface area contributed by atoms with Gasteiger partial charge >= 0.3 is 0 Å². The molecule has 1 amide bonds. The van der Waals surface area contributed by atoms with E-state index >= 15 is 0 Å². The fourth-order valence-electron chi connectivity index (χ4n) is 3.52. The molecule has 3 heterocycles. The van der Waals surface area contributed by atoms with Gasteiger partial charge in [0.05, 0.1) is 14.4 Å². The minimum atomic E-state index is -0.298. The minimum absolute atomic E-state index is 0.0394. The quantitative estimate of drug-likeness (QED) is 0.539. The Morgan fingerprint density at radius 1 is 1.30 bits per heavy atom. The summed E-state index contributed by atoms with van der Waals surface area (Å²) in [5, 5.41) is 4.12. The van der Waals surface area contributed by atoms with Crippen LogP contribution in [0.15, 0.2) is 41.1 Å². The van der Waals surface area contributed by atoms with Crippen molar-refractivity contribution in [2.24, 2.45) is 0 Å². The van der Waals surface area contributed by atoms with Crippen LogP contribution in [0, 0.1) is 5.82 Å². The number of amides is 1. The largest absolute Gasteiger partial charge is 0.352 e. The third-order valence-corrected chi connectivity index (χ3v) is 6.70. The number of anilines is 1. The first-order valence-electron chi connectivity index (χ1n) is 9.83. The molecule has 1 aliphatic heterocycles. The fourth-order valence-corrected chi connectivity index (χ4v) is 4.73. The Labute approximate surface area is 186 Å².